The van der Waals surface area contributed by atoms with Crippen molar-refractivity contribution >= 4 is 5.91 Å². The van der Waals surface area contributed by atoms with Crippen molar-refractivity contribution in [3.63, 3.8) is 0 Å². The van der Waals surface area contributed by atoms with E-state index in [9.17, 15) is 9.90 Å². The van der Waals surface area contributed by atoms with Gasteiger partial charge in [-0.2, -0.15) is 0 Å². The summed E-state index contributed by atoms with van der Waals surface area (Å²) in [5.41, 5.74) is 1.08. The van der Waals surface area contributed by atoms with Gasteiger partial charge in [0.25, 0.3) is 0 Å². The molecule has 1 aromatic carbocycles. The monoisotopic (exact) mass is 291 g/mol. The average Bonchev–Trinajstić information content (AvgIpc) is 3.01. The molecule has 0 aromatic heterocycles. The van der Waals surface area contributed by atoms with Crippen LogP contribution in [0.3, 0.4) is 0 Å². The van der Waals surface area contributed by atoms with Gasteiger partial charge in [-0.25, -0.2) is 0 Å². The Morgan fingerprint density at radius 2 is 2.00 bits per heavy atom. The van der Waals surface area contributed by atoms with Gasteiger partial charge in [-0.15, -0.1) is 0 Å². The van der Waals surface area contributed by atoms with Crippen LogP contribution in [-0.2, 0) is 16.1 Å². The number of aliphatic hydroxyl groups excluding tert-OH is 1. The van der Waals surface area contributed by atoms with Gasteiger partial charge in [0, 0.05) is 19.5 Å². The summed E-state index contributed by atoms with van der Waals surface area (Å²) in [5, 5.41) is 9.97. The fraction of sp³-hybridized carbons (Fsp3) is 0.588. The Balaban J connectivity index is 1.66. The Bertz CT molecular complexity index is 429. The van der Waals surface area contributed by atoms with Gasteiger partial charge in [0.05, 0.1) is 19.3 Å². The second kappa shape index (κ2) is 8.15. The van der Waals surface area contributed by atoms with E-state index in [0.717, 1.165) is 31.2 Å². The van der Waals surface area contributed by atoms with E-state index in [-0.39, 0.29) is 18.4 Å². The van der Waals surface area contributed by atoms with Crippen molar-refractivity contribution < 1.29 is 14.6 Å². The number of rotatable bonds is 7. The number of carbonyl (C=O) groups excluding carboxylic acids is 1. The van der Waals surface area contributed by atoms with Crippen LogP contribution in [0.25, 0.3) is 0 Å². The summed E-state index contributed by atoms with van der Waals surface area (Å²) >= 11 is 0. The number of benzene rings is 1. The van der Waals surface area contributed by atoms with Gasteiger partial charge in [0.15, 0.2) is 0 Å². The SMILES string of the molecule is CN(CC(O)COCc1ccccc1)C(=O)C1CCCC1. The van der Waals surface area contributed by atoms with Crippen LogP contribution in [0.1, 0.15) is 31.2 Å². The molecule has 1 amide bonds. The van der Waals surface area contributed by atoms with E-state index in [1.807, 2.05) is 30.3 Å². The third-order valence-electron chi connectivity index (χ3n) is 3.99. The Hall–Kier alpha value is -1.39. The van der Waals surface area contributed by atoms with Crippen LogP contribution in [0.5, 0.6) is 0 Å². The maximum Gasteiger partial charge on any atom is 0.225 e. The largest absolute Gasteiger partial charge is 0.389 e. The van der Waals surface area contributed by atoms with Crippen LogP contribution in [0.15, 0.2) is 30.3 Å². The van der Waals surface area contributed by atoms with Crippen molar-refractivity contribution in [1.82, 2.24) is 4.90 Å². The summed E-state index contributed by atoms with van der Waals surface area (Å²) in [7, 11) is 1.76. The van der Waals surface area contributed by atoms with Crippen LogP contribution in [0, 0.1) is 5.92 Å². The van der Waals surface area contributed by atoms with Crippen LogP contribution in [0.2, 0.25) is 0 Å². The summed E-state index contributed by atoms with van der Waals surface area (Å²) in [5.74, 6) is 0.321. The molecule has 0 radical (unpaired) electrons. The van der Waals surface area contributed by atoms with E-state index in [4.69, 9.17) is 4.74 Å². The molecule has 1 atom stereocenters. The first-order valence-corrected chi connectivity index (χ1v) is 7.71. The highest BCUT2D eigenvalue weighted by Gasteiger charge is 2.26. The van der Waals surface area contributed by atoms with Crippen molar-refractivity contribution in [3.05, 3.63) is 35.9 Å². The van der Waals surface area contributed by atoms with Crippen LogP contribution >= 0.6 is 0 Å². The summed E-state index contributed by atoms with van der Waals surface area (Å²) in [6, 6.07) is 9.86. The lowest BCUT2D eigenvalue weighted by Crippen LogP contribution is -2.39. The molecular weight excluding hydrogens is 266 g/mol. The zero-order valence-electron chi connectivity index (χ0n) is 12.7. The minimum absolute atomic E-state index is 0.160. The van der Waals surface area contributed by atoms with Gasteiger partial charge < -0.3 is 14.7 Å². The quantitative estimate of drug-likeness (QED) is 0.838. The van der Waals surface area contributed by atoms with E-state index in [1.165, 1.54) is 0 Å². The second-order valence-electron chi connectivity index (χ2n) is 5.85. The van der Waals surface area contributed by atoms with Gasteiger partial charge >= 0.3 is 0 Å². The Labute approximate surface area is 126 Å². The molecule has 1 aliphatic rings. The molecule has 2 rings (SSSR count). The molecule has 1 saturated carbocycles. The lowest BCUT2D eigenvalue weighted by Gasteiger charge is -2.23. The number of hydrogen-bond donors (Lipinski definition) is 1. The minimum atomic E-state index is -0.635. The molecule has 1 aromatic rings. The van der Waals surface area contributed by atoms with E-state index in [0.29, 0.717) is 13.2 Å². The normalized spacial score (nSPS) is 16.9. The molecule has 4 heteroatoms. The van der Waals surface area contributed by atoms with E-state index in [1.54, 1.807) is 11.9 Å². The van der Waals surface area contributed by atoms with Crippen molar-refractivity contribution in [2.75, 3.05) is 20.2 Å². The average molecular weight is 291 g/mol. The van der Waals surface area contributed by atoms with Crippen molar-refractivity contribution in [1.29, 1.82) is 0 Å². The predicted octanol–water partition coefficient (Wildman–Crippen LogP) is 2.21. The number of hydrogen-bond acceptors (Lipinski definition) is 3. The first kappa shape index (κ1) is 16.0. The number of amides is 1. The maximum atomic E-state index is 12.2. The lowest BCUT2D eigenvalue weighted by atomic mass is 10.1. The molecular formula is C17H25NO3. The van der Waals surface area contributed by atoms with Crippen LogP contribution < -0.4 is 0 Å². The summed E-state index contributed by atoms with van der Waals surface area (Å²) in [6.45, 7) is 1.07. The number of likely N-dealkylation sites (N-methyl/N-ethyl adjacent to an activating group) is 1. The van der Waals surface area contributed by atoms with Gasteiger partial charge in [0.2, 0.25) is 5.91 Å². The molecule has 0 aliphatic heterocycles. The topological polar surface area (TPSA) is 49.8 Å². The summed E-state index contributed by atoms with van der Waals surface area (Å²) < 4.78 is 5.50. The zero-order chi connectivity index (χ0) is 15.1. The molecule has 0 spiro atoms. The Kier molecular flexibility index (Phi) is 6.21. The molecule has 4 nitrogen and oxygen atoms in total. The lowest BCUT2D eigenvalue weighted by molar-refractivity contribution is -0.135. The van der Waals surface area contributed by atoms with Crippen molar-refractivity contribution in [2.24, 2.45) is 5.92 Å². The third-order valence-corrected chi connectivity index (χ3v) is 3.99. The van der Waals surface area contributed by atoms with Crippen LogP contribution in [-0.4, -0.2) is 42.2 Å². The van der Waals surface area contributed by atoms with Gasteiger partial charge in [0.1, 0.15) is 0 Å². The van der Waals surface area contributed by atoms with Crippen LogP contribution in [0.4, 0.5) is 0 Å². The van der Waals surface area contributed by atoms with Gasteiger partial charge in [-0.05, 0) is 18.4 Å². The summed E-state index contributed by atoms with van der Waals surface area (Å²) in [4.78, 5) is 13.8. The van der Waals surface area contributed by atoms with E-state index in [2.05, 4.69) is 0 Å². The minimum Gasteiger partial charge on any atom is -0.389 e. The Morgan fingerprint density at radius 3 is 2.67 bits per heavy atom. The smallest absolute Gasteiger partial charge is 0.225 e. The van der Waals surface area contributed by atoms with E-state index < -0.39 is 6.10 Å². The zero-order valence-corrected chi connectivity index (χ0v) is 12.7. The highest BCUT2D eigenvalue weighted by molar-refractivity contribution is 5.78. The molecule has 0 bridgehead atoms. The molecule has 1 unspecified atom stereocenters. The summed E-state index contributed by atoms with van der Waals surface area (Å²) in [6.07, 6.45) is 3.64. The molecule has 1 aliphatic carbocycles. The first-order chi connectivity index (χ1) is 10.2. The number of nitrogens with zero attached hydrogens (tertiary/aromatic N) is 1. The van der Waals surface area contributed by atoms with Crippen molar-refractivity contribution in [2.45, 2.75) is 38.4 Å². The highest BCUT2D eigenvalue weighted by Crippen LogP contribution is 2.26. The highest BCUT2D eigenvalue weighted by atomic mass is 16.5. The van der Waals surface area contributed by atoms with Gasteiger partial charge in [-0.1, -0.05) is 43.2 Å². The molecule has 0 heterocycles. The second-order valence-corrected chi connectivity index (χ2v) is 5.85. The first-order valence-electron chi connectivity index (χ1n) is 7.71. The van der Waals surface area contributed by atoms with Crippen molar-refractivity contribution in [3.8, 4) is 0 Å². The molecule has 116 valence electrons. The number of ether oxygens (including phenoxy) is 1. The third kappa shape index (κ3) is 5.14. The van der Waals surface area contributed by atoms with Gasteiger partial charge in [-0.3, -0.25) is 4.79 Å². The number of aliphatic hydroxyl groups is 1. The molecule has 1 fully saturated rings. The maximum absolute atomic E-state index is 12.2. The standard InChI is InChI=1S/C17H25NO3/c1-18(17(20)15-9-5-6-10-15)11-16(19)13-21-12-14-7-3-2-4-8-14/h2-4,7-8,15-16,19H,5-6,9-13H2,1H3. The fourth-order valence-corrected chi connectivity index (χ4v) is 2.83. The molecule has 0 saturated heterocycles. The predicted molar refractivity (Wildman–Crippen MR) is 81.7 cm³/mol. The van der Waals surface area contributed by atoms with E-state index >= 15 is 0 Å². The Morgan fingerprint density at radius 1 is 1.33 bits per heavy atom. The number of carbonyl (C=O) groups is 1. The molecule has 1 N–H and O–H groups in total. The fourth-order valence-electron chi connectivity index (χ4n) is 2.83. The molecule has 21 heavy (non-hydrogen) atoms.